The van der Waals surface area contributed by atoms with Crippen molar-refractivity contribution in [1.29, 1.82) is 0 Å². The summed E-state index contributed by atoms with van der Waals surface area (Å²) >= 11 is 3.57. The third-order valence-electron chi connectivity index (χ3n) is 5.72. The fourth-order valence-corrected chi connectivity index (χ4v) is 4.17. The van der Waals surface area contributed by atoms with Crippen LogP contribution >= 0.6 is 15.9 Å². The van der Waals surface area contributed by atoms with E-state index >= 15 is 0 Å². The largest absolute Gasteiger partial charge is 0.483 e. The second-order valence-corrected chi connectivity index (χ2v) is 9.81. The smallest absolute Gasteiger partial charge is 0.277 e. The monoisotopic (exact) mass is 544 g/mol. The van der Waals surface area contributed by atoms with E-state index in [0.29, 0.717) is 5.75 Å². The van der Waals surface area contributed by atoms with E-state index in [1.165, 1.54) is 0 Å². The first kappa shape index (κ1) is 25.4. The highest BCUT2D eigenvalue weighted by Gasteiger charge is 2.14. The third kappa shape index (κ3) is 6.10. The molecule has 0 saturated heterocycles. The molecule has 0 atom stereocenters. The third-order valence-corrected chi connectivity index (χ3v) is 6.57. The fourth-order valence-electron chi connectivity index (χ4n) is 3.81. The van der Waals surface area contributed by atoms with Crippen molar-refractivity contribution < 1.29 is 9.53 Å². The summed E-state index contributed by atoms with van der Waals surface area (Å²) in [5.74, 6) is 0.629. The van der Waals surface area contributed by atoms with Crippen LogP contribution < -0.4 is 10.2 Å². The van der Waals surface area contributed by atoms with Crippen LogP contribution in [0, 0.1) is 13.8 Å². The van der Waals surface area contributed by atoms with Gasteiger partial charge in [0.15, 0.2) is 6.61 Å². The Labute approximate surface area is 220 Å². The normalized spacial score (nSPS) is 11.3. The number of aromatic nitrogens is 2. The molecule has 1 aromatic heterocycles. The Kier molecular flexibility index (Phi) is 8.00. The second-order valence-electron chi connectivity index (χ2n) is 8.96. The molecule has 184 valence electrons. The molecule has 0 bridgehead atoms. The average Bonchev–Trinajstić information content (AvgIpc) is 3.29. The van der Waals surface area contributed by atoms with Crippen LogP contribution in [0.15, 0.2) is 82.5 Å². The lowest BCUT2D eigenvalue weighted by Crippen LogP contribution is -2.25. The van der Waals surface area contributed by atoms with Crippen LogP contribution in [0.4, 0.5) is 0 Å². The van der Waals surface area contributed by atoms with E-state index in [-0.39, 0.29) is 18.4 Å². The molecule has 0 aliphatic heterocycles. The van der Waals surface area contributed by atoms with Crippen molar-refractivity contribution in [2.75, 3.05) is 6.61 Å². The number of amides is 1. The molecule has 0 saturated carbocycles. The minimum Gasteiger partial charge on any atom is -0.483 e. The van der Waals surface area contributed by atoms with Gasteiger partial charge < -0.3 is 4.74 Å². The van der Waals surface area contributed by atoms with Crippen molar-refractivity contribution in [3.63, 3.8) is 0 Å². The molecule has 1 N–H and O–H groups in total. The number of nitrogens with one attached hydrogen (secondary N) is 1. The molecule has 7 heteroatoms. The van der Waals surface area contributed by atoms with Gasteiger partial charge in [-0.05, 0) is 61.2 Å². The zero-order valence-corrected chi connectivity index (χ0v) is 22.4. The van der Waals surface area contributed by atoms with Crippen molar-refractivity contribution in [3.05, 3.63) is 99.7 Å². The molecular weight excluding hydrogens is 516 g/mol. The van der Waals surface area contributed by atoms with Crippen LogP contribution in [0.2, 0.25) is 0 Å². The Bertz CT molecular complexity index is 1390. The molecule has 4 rings (SSSR count). The molecule has 0 spiro atoms. The van der Waals surface area contributed by atoms with Crippen LogP contribution in [0.25, 0.3) is 16.9 Å². The van der Waals surface area contributed by atoms with E-state index in [1.807, 2.05) is 85.4 Å². The lowest BCUT2D eigenvalue weighted by molar-refractivity contribution is -0.123. The minimum absolute atomic E-state index is 0.133. The number of para-hydroxylation sites is 1. The maximum Gasteiger partial charge on any atom is 0.277 e. The number of rotatable bonds is 8. The quantitative estimate of drug-likeness (QED) is 0.201. The summed E-state index contributed by atoms with van der Waals surface area (Å²) in [6.07, 6.45) is 3.52. The molecule has 4 aromatic rings. The number of ether oxygens (including phenoxy) is 1. The summed E-state index contributed by atoms with van der Waals surface area (Å²) in [5.41, 5.74) is 9.29. The van der Waals surface area contributed by atoms with Gasteiger partial charge in [0.05, 0.1) is 11.9 Å². The Morgan fingerprint density at radius 3 is 2.61 bits per heavy atom. The van der Waals surface area contributed by atoms with Crippen LogP contribution in [-0.4, -0.2) is 28.5 Å². The van der Waals surface area contributed by atoms with E-state index in [2.05, 4.69) is 46.4 Å². The Hall–Kier alpha value is -3.71. The first-order valence-electron chi connectivity index (χ1n) is 11.8. The predicted molar refractivity (Wildman–Crippen MR) is 148 cm³/mol. The van der Waals surface area contributed by atoms with Gasteiger partial charge >= 0.3 is 0 Å². The van der Waals surface area contributed by atoms with E-state index in [0.717, 1.165) is 43.7 Å². The van der Waals surface area contributed by atoms with Gasteiger partial charge in [-0.3, -0.25) is 4.79 Å². The van der Waals surface area contributed by atoms with Gasteiger partial charge in [-0.1, -0.05) is 71.7 Å². The van der Waals surface area contributed by atoms with Crippen LogP contribution in [0.3, 0.4) is 0 Å². The highest BCUT2D eigenvalue weighted by atomic mass is 79.9. The maximum absolute atomic E-state index is 12.5. The van der Waals surface area contributed by atoms with E-state index < -0.39 is 0 Å². The Morgan fingerprint density at radius 2 is 1.89 bits per heavy atom. The number of aryl methyl sites for hydroxylation is 2. The van der Waals surface area contributed by atoms with Crippen molar-refractivity contribution in [1.82, 2.24) is 15.2 Å². The van der Waals surface area contributed by atoms with Crippen LogP contribution in [0.1, 0.15) is 42.0 Å². The second kappa shape index (κ2) is 11.4. The standard InChI is InChI=1S/C29H29BrN4O2/c1-19(2)25-15-26(30)21(4)14-27(25)36-18-28(35)32-31-16-23-17-34(24-11-6-5-7-12-24)33-29(23)22-10-8-9-20(3)13-22/h5-17,19H,18H2,1-4H3,(H,32,35). The summed E-state index contributed by atoms with van der Waals surface area (Å²) in [5, 5.41) is 8.98. The van der Waals surface area contributed by atoms with E-state index in [4.69, 9.17) is 9.84 Å². The summed E-state index contributed by atoms with van der Waals surface area (Å²) in [6.45, 7) is 8.09. The van der Waals surface area contributed by atoms with Gasteiger partial charge in [0.2, 0.25) is 0 Å². The van der Waals surface area contributed by atoms with Gasteiger partial charge in [-0.15, -0.1) is 0 Å². The Morgan fingerprint density at radius 1 is 1.11 bits per heavy atom. The lowest BCUT2D eigenvalue weighted by atomic mass is 10.0. The molecule has 0 unspecified atom stereocenters. The maximum atomic E-state index is 12.5. The molecule has 6 nitrogen and oxygen atoms in total. The topological polar surface area (TPSA) is 68.5 Å². The minimum atomic E-state index is -0.339. The number of carbonyl (C=O) groups is 1. The molecule has 0 fully saturated rings. The summed E-state index contributed by atoms with van der Waals surface area (Å²) in [7, 11) is 0. The highest BCUT2D eigenvalue weighted by Crippen LogP contribution is 2.32. The molecule has 0 aliphatic rings. The van der Waals surface area contributed by atoms with Crippen molar-refractivity contribution in [3.8, 4) is 22.7 Å². The number of hydrogen-bond donors (Lipinski definition) is 1. The van der Waals surface area contributed by atoms with Crippen LogP contribution in [0.5, 0.6) is 5.75 Å². The number of hydrogen-bond acceptors (Lipinski definition) is 4. The first-order valence-corrected chi connectivity index (χ1v) is 12.6. The zero-order valence-electron chi connectivity index (χ0n) is 20.8. The van der Waals surface area contributed by atoms with E-state index in [1.54, 1.807) is 6.21 Å². The zero-order chi connectivity index (χ0) is 25.7. The average molecular weight is 545 g/mol. The lowest BCUT2D eigenvalue weighted by Gasteiger charge is -2.15. The summed E-state index contributed by atoms with van der Waals surface area (Å²) < 4.78 is 8.68. The van der Waals surface area contributed by atoms with Crippen molar-refractivity contribution >= 4 is 28.1 Å². The molecular formula is C29H29BrN4O2. The van der Waals surface area contributed by atoms with Gasteiger partial charge in [0.25, 0.3) is 5.91 Å². The predicted octanol–water partition coefficient (Wildman–Crippen LogP) is 6.57. The molecule has 36 heavy (non-hydrogen) atoms. The van der Waals surface area contributed by atoms with Gasteiger partial charge in [0, 0.05) is 21.8 Å². The van der Waals surface area contributed by atoms with E-state index in [9.17, 15) is 4.79 Å². The molecule has 1 amide bonds. The summed E-state index contributed by atoms with van der Waals surface area (Å²) in [6, 6.07) is 22.0. The van der Waals surface area contributed by atoms with Gasteiger partial charge in [-0.2, -0.15) is 10.2 Å². The molecule has 1 heterocycles. The number of benzene rings is 3. The number of carbonyl (C=O) groups excluding carboxylic acids is 1. The van der Waals surface area contributed by atoms with Crippen molar-refractivity contribution in [2.45, 2.75) is 33.6 Å². The summed E-state index contributed by atoms with van der Waals surface area (Å²) in [4.78, 5) is 12.5. The highest BCUT2D eigenvalue weighted by molar-refractivity contribution is 9.10. The Balaban J connectivity index is 1.50. The number of hydrazone groups is 1. The SMILES string of the molecule is Cc1cccc(-c2nn(-c3ccccc3)cc2C=NNC(=O)COc2cc(C)c(Br)cc2C(C)C)c1. The number of nitrogens with zero attached hydrogens (tertiary/aromatic N) is 3. The number of halogens is 1. The molecule has 0 aliphatic carbocycles. The molecule has 0 radical (unpaired) electrons. The van der Waals surface area contributed by atoms with Crippen molar-refractivity contribution in [2.24, 2.45) is 5.10 Å². The van der Waals surface area contributed by atoms with Crippen LogP contribution in [-0.2, 0) is 4.79 Å². The van der Waals surface area contributed by atoms with Gasteiger partial charge in [0.1, 0.15) is 11.4 Å². The van der Waals surface area contributed by atoms with Gasteiger partial charge in [-0.25, -0.2) is 10.1 Å². The first-order chi connectivity index (χ1) is 17.3. The fraction of sp³-hybridized carbons (Fsp3) is 0.207. The molecule has 3 aromatic carbocycles.